The number of benzene rings is 2. The number of hydrogen-bond acceptors (Lipinski definition) is 4. The Kier molecular flexibility index (Phi) is 5.32. The molecule has 0 saturated carbocycles. The van der Waals surface area contributed by atoms with Gasteiger partial charge in [0.1, 0.15) is 11.5 Å². The van der Waals surface area contributed by atoms with E-state index in [9.17, 15) is 0 Å². The Morgan fingerprint density at radius 1 is 1.00 bits per heavy atom. The molecule has 4 heteroatoms. The molecular weight excluding hydrogens is 270 g/mol. The van der Waals surface area contributed by atoms with Gasteiger partial charge in [0.15, 0.2) is 0 Å². The fraction of sp³-hybridized carbons (Fsp3) is 0.250. The molecule has 106 valence electrons. The van der Waals surface area contributed by atoms with E-state index in [2.05, 4.69) is 24.3 Å². The molecule has 20 heavy (non-hydrogen) atoms. The summed E-state index contributed by atoms with van der Waals surface area (Å²) in [5.74, 6) is 2.64. The van der Waals surface area contributed by atoms with Gasteiger partial charge in [0.05, 0.1) is 14.2 Å². The topological polar surface area (TPSA) is 44.5 Å². The number of ether oxygens (including phenoxy) is 2. The van der Waals surface area contributed by atoms with Crippen molar-refractivity contribution in [1.82, 2.24) is 0 Å². The molecule has 2 N–H and O–H groups in total. The van der Waals surface area contributed by atoms with Crippen molar-refractivity contribution in [2.75, 3.05) is 14.2 Å². The van der Waals surface area contributed by atoms with Gasteiger partial charge in [0.2, 0.25) is 0 Å². The molecule has 0 saturated heterocycles. The molecule has 0 aliphatic rings. The second-order valence-electron chi connectivity index (χ2n) is 4.31. The lowest BCUT2D eigenvalue weighted by molar-refractivity contribution is 0.409. The minimum atomic E-state index is 0.490. The van der Waals surface area contributed by atoms with Crippen LogP contribution < -0.4 is 15.2 Å². The van der Waals surface area contributed by atoms with E-state index in [4.69, 9.17) is 15.2 Å². The number of hydrogen-bond donors (Lipinski definition) is 1. The molecule has 0 aromatic heterocycles. The predicted molar refractivity (Wildman–Crippen MR) is 83.4 cm³/mol. The maximum atomic E-state index is 5.73. The van der Waals surface area contributed by atoms with E-state index in [1.165, 1.54) is 10.5 Å². The van der Waals surface area contributed by atoms with Crippen LogP contribution in [0.15, 0.2) is 47.4 Å². The Morgan fingerprint density at radius 3 is 2.35 bits per heavy atom. The van der Waals surface area contributed by atoms with E-state index < -0.39 is 0 Å². The number of thioether (sulfide) groups is 1. The Labute approximate surface area is 124 Å². The van der Waals surface area contributed by atoms with Gasteiger partial charge in [-0.15, -0.1) is 11.8 Å². The van der Waals surface area contributed by atoms with Crippen molar-refractivity contribution >= 4 is 11.8 Å². The maximum Gasteiger partial charge on any atom is 0.123 e. The van der Waals surface area contributed by atoms with Crippen molar-refractivity contribution in [3.8, 4) is 11.5 Å². The largest absolute Gasteiger partial charge is 0.497 e. The summed E-state index contributed by atoms with van der Waals surface area (Å²) in [5, 5.41) is 0. The van der Waals surface area contributed by atoms with Crippen LogP contribution in [0.5, 0.6) is 11.5 Å². The molecule has 0 bridgehead atoms. The van der Waals surface area contributed by atoms with E-state index in [-0.39, 0.29) is 0 Å². The van der Waals surface area contributed by atoms with Gasteiger partial charge in [-0.1, -0.05) is 6.07 Å². The lowest BCUT2D eigenvalue weighted by Crippen LogP contribution is -2.00. The second-order valence-corrected chi connectivity index (χ2v) is 5.36. The minimum Gasteiger partial charge on any atom is -0.497 e. The molecule has 2 aromatic carbocycles. The first-order valence-electron chi connectivity index (χ1n) is 6.39. The van der Waals surface area contributed by atoms with Crippen molar-refractivity contribution in [2.45, 2.75) is 17.2 Å². The van der Waals surface area contributed by atoms with Crippen molar-refractivity contribution < 1.29 is 9.47 Å². The predicted octanol–water partition coefficient (Wildman–Crippen LogP) is 3.45. The molecule has 0 atom stereocenters. The van der Waals surface area contributed by atoms with E-state index in [1.807, 2.05) is 18.2 Å². The first-order chi connectivity index (χ1) is 9.76. The molecule has 0 amide bonds. The molecule has 0 radical (unpaired) electrons. The zero-order valence-electron chi connectivity index (χ0n) is 11.8. The number of methoxy groups -OCH3 is 2. The number of rotatable bonds is 6. The van der Waals surface area contributed by atoms with Crippen LogP contribution in [0.2, 0.25) is 0 Å². The summed E-state index contributed by atoms with van der Waals surface area (Å²) < 4.78 is 10.4. The highest BCUT2D eigenvalue weighted by atomic mass is 32.2. The Hall–Kier alpha value is -1.65. The first-order valence-corrected chi connectivity index (χ1v) is 7.38. The van der Waals surface area contributed by atoms with Gasteiger partial charge >= 0.3 is 0 Å². The van der Waals surface area contributed by atoms with E-state index in [1.54, 1.807) is 26.0 Å². The summed E-state index contributed by atoms with van der Waals surface area (Å²) in [6.07, 6.45) is 0. The van der Waals surface area contributed by atoms with Crippen molar-refractivity contribution in [3.63, 3.8) is 0 Å². The van der Waals surface area contributed by atoms with E-state index in [0.29, 0.717) is 6.54 Å². The summed E-state index contributed by atoms with van der Waals surface area (Å²) in [4.78, 5) is 1.22. The molecule has 0 aliphatic heterocycles. The Morgan fingerprint density at radius 2 is 1.75 bits per heavy atom. The third-order valence-corrected chi connectivity index (χ3v) is 4.11. The molecule has 2 rings (SSSR count). The molecule has 0 fully saturated rings. The normalized spacial score (nSPS) is 10.3. The van der Waals surface area contributed by atoms with Crippen LogP contribution in [0, 0.1) is 0 Å². The first kappa shape index (κ1) is 14.8. The highest BCUT2D eigenvalue weighted by Gasteiger charge is 2.03. The van der Waals surface area contributed by atoms with Crippen molar-refractivity contribution in [3.05, 3.63) is 53.6 Å². The smallest absolute Gasteiger partial charge is 0.123 e. The van der Waals surface area contributed by atoms with Gasteiger partial charge in [-0.25, -0.2) is 0 Å². The van der Waals surface area contributed by atoms with E-state index >= 15 is 0 Å². The third-order valence-electron chi connectivity index (χ3n) is 3.03. The Balaban J connectivity index is 2.02. The second kappa shape index (κ2) is 7.22. The highest BCUT2D eigenvalue weighted by Crippen LogP contribution is 2.27. The molecular formula is C16H19NO2S. The molecule has 0 aliphatic carbocycles. The van der Waals surface area contributed by atoms with Gasteiger partial charge in [-0.3, -0.25) is 0 Å². The van der Waals surface area contributed by atoms with Crippen LogP contribution in [0.4, 0.5) is 0 Å². The summed E-state index contributed by atoms with van der Waals surface area (Å²) in [6.45, 7) is 0.490. The summed E-state index contributed by atoms with van der Waals surface area (Å²) in [6, 6.07) is 14.2. The summed E-state index contributed by atoms with van der Waals surface area (Å²) in [7, 11) is 3.34. The fourth-order valence-corrected chi connectivity index (χ4v) is 2.76. The van der Waals surface area contributed by atoms with Gasteiger partial charge in [0, 0.05) is 22.8 Å². The van der Waals surface area contributed by atoms with Gasteiger partial charge < -0.3 is 15.2 Å². The van der Waals surface area contributed by atoms with Crippen LogP contribution in [0.3, 0.4) is 0 Å². The average molecular weight is 289 g/mol. The Bertz CT molecular complexity index is 555. The lowest BCUT2D eigenvalue weighted by Gasteiger charge is -2.09. The molecule has 0 unspecified atom stereocenters. The lowest BCUT2D eigenvalue weighted by atomic mass is 10.1. The standard InChI is InChI=1S/C16H19NO2S/c1-18-14-4-6-15(7-5-14)20-11-12-3-8-16(19-2)13(9-12)10-17/h3-9H,10-11,17H2,1-2H3. The van der Waals surface area contributed by atoms with Crippen LogP contribution >= 0.6 is 11.8 Å². The van der Waals surface area contributed by atoms with Crippen LogP contribution in [0.1, 0.15) is 11.1 Å². The zero-order chi connectivity index (χ0) is 14.4. The quantitative estimate of drug-likeness (QED) is 0.827. The average Bonchev–Trinajstić information content (AvgIpc) is 2.53. The summed E-state index contributed by atoms with van der Waals surface area (Å²) >= 11 is 1.79. The van der Waals surface area contributed by atoms with E-state index in [0.717, 1.165) is 22.8 Å². The van der Waals surface area contributed by atoms with Gasteiger partial charge in [-0.2, -0.15) is 0 Å². The monoisotopic (exact) mass is 289 g/mol. The number of nitrogens with two attached hydrogens (primary N) is 1. The molecule has 3 nitrogen and oxygen atoms in total. The van der Waals surface area contributed by atoms with Gasteiger partial charge in [-0.05, 0) is 42.0 Å². The van der Waals surface area contributed by atoms with Crippen molar-refractivity contribution in [2.24, 2.45) is 5.73 Å². The zero-order valence-corrected chi connectivity index (χ0v) is 12.6. The highest BCUT2D eigenvalue weighted by molar-refractivity contribution is 7.98. The van der Waals surface area contributed by atoms with Crippen LogP contribution in [0.25, 0.3) is 0 Å². The SMILES string of the molecule is COc1ccc(SCc2ccc(OC)c(CN)c2)cc1. The molecule has 0 heterocycles. The third kappa shape index (κ3) is 3.68. The molecule has 2 aromatic rings. The summed E-state index contributed by atoms with van der Waals surface area (Å²) in [5.41, 5.74) is 8.02. The minimum absolute atomic E-state index is 0.490. The maximum absolute atomic E-state index is 5.73. The van der Waals surface area contributed by atoms with Crippen LogP contribution in [-0.4, -0.2) is 14.2 Å². The van der Waals surface area contributed by atoms with Gasteiger partial charge in [0.25, 0.3) is 0 Å². The molecule has 0 spiro atoms. The fourth-order valence-electron chi connectivity index (χ4n) is 1.92. The van der Waals surface area contributed by atoms with Crippen molar-refractivity contribution in [1.29, 1.82) is 0 Å². The van der Waals surface area contributed by atoms with Crippen LogP contribution in [-0.2, 0) is 12.3 Å².